The summed E-state index contributed by atoms with van der Waals surface area (Å²) in [5.41, 5.74) is 0. The Balaban J connectivity index is 2.53. The fourth-order valence-electron chi connectivity index (χ4n) is 2.76. The molecular weight excluding hydrogens is 276 g/mol. The summed E-state index contributed by atoms with van der Waals surface area (Å²) in [6.07, 6.45) is 1.07. The molecule has 1 fully saturated rings. The molecule has 7 nitrogen and oxygen atoms in total. The predicted molar refractivity (Wildman–Crippen MR) is 75.5 cm³/mol. The summed E-state index contributed by atoms with van der Waals surface area (Å²) in [5, 5.41) is 11.8. The second-order valence-corrected chi connectivity index (χ2v) is 5.66. The van der Waals surface area contributed by atoms with Crippen molar-refractivity contribution in [2.75, 3.05) is 33.9 Å². The van der Waals surface area contributed by atoms with Gasteiger partial charge in [0.2, 0.25) is 11.8 Å². The molecule has 0 saturated heterocycles. The minimum atomic E-state index is -0.935. The molecule has 0 aromatic heterocycles. The zero-order valence-electron chi connectivity index (χ0n) is 12.8. The van der Waals surface area contributed by atoms with E-state index in [9.17, 15) is 19.5 Å². The molecule has 0 aromatic rings. The van der Waals surface area contributed by atoms with Crippen LogP contribution in [0.5, 0.6) is 0 Å². The summed E-state index contributed by atoms with van der Waals surface area (Å²) in [4.78, 5) is 36.5. The van der Waals surface area contributed by atoms with Gasteiger partial charge in [0.05, 0.1) is 25.0 Å². The number of hydrogen-bond acceptors (Lipinski definition) is 4. The average molecular weight is 300 g/mol. The standard InChI is InChI=1S/C14H24N2O5/c1-9-6-10(11(7-9)14(19)20)13(18)16(2)8-12(17)15-4-5-21-3/h9-11H,4-8H2,1-3H3,(H,15,17)(H,19,20). The van der Waals surface area contributed by atoms with Gasteiger partial charge in [-0.2, -0.15) is 0 Å². The van der Waals surface area contributed by atoms with Gasteiger partial charge in [0.15, 0.2) is 0 Å². The molecule has 120 valence electrons. The lowest BCUT2D eigenvalue weighted by Crippen LogP contribution is -2.43. The van der Waals surface area contributed by atoms with E-state index in [-0.39, 0.29) is 24.3 Å². The van der Waals surface area contributed by atoms with Crippen LogP contribution in [0, 0.1) is 17.8 Å². The molecule has 0 radical (unpaired) electrons. The lowest BCUT2D eigenvalue weighted by Gasteiger charge is -2.23. The van der Waals surface area contributed by atoms with Gasteiger partial charge in [0, 0.05) is 20.7 Å². The van der Waals surface area contributed by atoms with Gasteiger partial charge in [0.1, 0.15) is 0 Å². The Morgan fingerprint density at radius 3 is 2.48 bits per heavy atom. The van der Waals surface area contributed by atoms with Crippen molar-refractivity contribution in [1.82, 2.24) is 10.2 Å². The van der Waals surface area contributed by atoms with Crippen LogP contribution in [0.1, 0.15) is 19.8 Å². The van der Waals surface area contributed by atoms with Crippen LogP contribution in [-0.2, 0) is 19.1 Å². The van der Waals surface area contributed by atoms with E-state index >= 15 is 0 Å². The van der Waals surface area contributed by atoms with Crippen molar-refractivity contribution >= 4 is 17.8 Å². The Hall–Kier alpha value is -1.63. The maximum absolute atomic E-state index is 12.3. The number of carbonyl (C=O) groups excluding carboxylic acids is 2. The molecule has 0 bridgehead atoms. The van der Waals surface area contributed by atoms with Crippen molar-refractivity contribution < 1.29 is 24.2 Å². The minimum absolute atomic E-state index is 0.0697. The van der Waals surface area contributed by atoms with E-state index < -0.39 is 17.8 Å². The summed E-state index contributed by atoms with van der Waals surface area (Å²) in [7, 11) is 3.06. The molecule has 0 spiro atoms. The van der Waals surface area contributed by atoms with E-state index in [0.717, 1.165) is 0 Å². The topological polar surface area (TPSA) is 95.9 Å². The van der Waals surface area contributed by atoms with Crippen molar-refractivity contribution in [2.24, 2.45) is 17.8 Å². The van der Waals surface area contributed by atoms with Crippen LogP contribution in [-0.4, -0.2) is 61.6 Å². The largest absolute Gasteiger partial charge is 0.481 e. The van der Waals surface area contributed by atoms with Crippen molar-refractivity contribution in [3.8, 4) is 0 Å². The van der Waals surface area contributed by atoms with E-state index in [4.69, 9.17) is 4.74 Å². The Kier molecular flexibility index (Phi) is 6.61. The SMILES string of the molecule is COCCNC(=O)CN(C)C(=O)C1CC(C)CC1C(=O)O. The van der Waals surface area contributed by atoms with Gasteiger partial charge in [-0.3, -0.25) is 14.4 Å². The third-order valence-corrected chi connectivity index (χ3v) is 3.82. The predicted octanol–water partition coefficient (Wildman–Crippen LogP) is -0.0457. The van der Waals surface area contributed by atoms with Crippen LogP contribution in [0.2, 0.25) is 0 Å². The first-order valence-corrected chi connectivity index (χ1v) is 7.10. The molecule has 3 atom stereocenters. The minimum Gasteiger partial charge on any atom is -0.481 e. The van der Waals surface area contributed by atoms with Gasteiger partial charge in [-0.1, -0.05) is 6.92 Å². The number of ether oxygens (including phenoxy) is 1. The molecular formula is C14H24N2O5. The number of methoxy groups -OCH3 is 1. The van der Waals surface area contributed by atoms with Crippen LogP contribution in [0.15, 0.2) is 0 Å². The number of carboxylic acid groups (broad SMARTS) is 1. The number of amides is 2. The molecule has 1 saturated carbocycles. The van der Waals surface area contributed by atoms with E-state index in [1.165, 1.54) is 19.1 Å². The van der Waals surface area contributed by atoms with Crippen LogP contribution in [0.3, 0.4) is 0 Å². The van der Waals surface area contributed by atoms with Crippen LogP contribution in [0.4, 0.5) is 0 Å². The van der Waals surface area contributed by atoms with E-state index in [2.05, 4.69) is 5.32 Å². The highest BCUT2D eigenvalue weighted by Gasteiger charge is 2.42. The lowest BCUT2D eigenvalue weighted by atomic mass is 9.95. The molecule has 2 amide bonds. The van der Waals surface area contributed by atoms with Gasteiger partial charge in [-0.25, -0.2) is 0 Å². The van der Waals surface area contributed by atoms with Gasteiger partial charge >= 0.3 is 5.97 Å². The van der Waals surface area contributed by atoms with Crippen LogP contribution < -0.4 is 5.32 Å². The number of carboxylic acids is 1. The molecule has 0 heterocycles. The van der Waals surface area contributed by atoms with Gasteiger partial charge < -0.3 is 20.1 Å². The van der Waals surface area contributed by atoms with Gasteiger partial charge in [0.25, 0.3) is 0 Å². The molecule has 21 heavy (non-hydrogen) atoms. The molecule has 1 aliphatic rings. The smallest absolute Gasteiger partial charge is 0.307 e. The first kappa shape index (κ1) is 17.4. The maximum Gasteiger partial charge on any atom is 0.307 e. The molecule has 0 aliphatic heterocycles. The monoisotopic (exact) mass is 300 g/mol. The fourth-order valence-corrected chi connectivity index (χ4v) is 2.76. The van der Waals surface area contributed by atoms with Crippen LogP contribution in [0.25, 0.3) is 0 Å². The number of hydrogen-bond donors (Lipinski definition) is 2. The Morgan fingerprint density at radius 1 is 1.29 bits per heavy atom. The van der Waals surface area contributed by atoms with Crippen molar-refractivity contribution in [3.63, 3.8) is 0 Å². The Morgan fingerprint density at radius 2 is 1.90 bits per heavy atom. The van der Waals surface area contributed by atoms with Gasteiger partial charge in [-0.15, -0.1) is 0 Å². The highest BCUT2D eigenvalue weighted by molar-refractivity contribution is 5.88. The third kappa shape index (κ3) is 5.00. The van der Waals surface area contributed by atoms with Crippen LogP contribution >= 0.6 is 0 Å². The van der Waals surface area contributed by atoms with E-state index in [1.807, 2.05) is 6.92 Å². The first-order chi connectivity index (χ1) is 9.86. The highest BCUT2D eigenvalue weighted by atomic mass is 16.5. The quantitative estimate of drug-likeness (QED) is 0.643. The summed E-state index contributed by atoms with van der Waals surface area (Å²) >= 11 is 0. The van der Waals surface area contributed by atoms with E-state index in [0.29, 0.717) is 26.0 Å². The molecule has 2 N–H and O–H groups in total. The first-order valence-electron chi connectivity index (χ1n) is 7.10. The van der Waals surface area contributed by atoms with Crippen molar-refractivity contribution in [2.45, 2.75) is 19.8 Å². The Labute approximate surface area is 124 Å². The van der Waals surface area contributed by atoms with Crippen molar-refractivity contribution in [1.29, 1.82) is 0 Å². The number of rotatable bonds is 7. The second kappa shape index (κ2) is 7.97. The number of carbonyl (C=O) groups is 3. The summed E-state index contributed by atoms with van der Waals surface area (Å²) in [6, 6.07) is 0. The maximum atomic E-state index is 12.3. The van der Waals surface area contributed by atoms with Crippen molar-refractivity contribution in [3.05, 3.63) is 0 Å². The van der Waals surface area contributed by atoms with Gasteiger partial charge in [-0.05, 0) is 18.8 Å². The van der Waals surface area contributed by atoms with E-state index in [1.54, 1.807) is 0 Å². The molecule has 0 aromatic carbocycles. The number of nitrogens with zero attached hydrogens (tertiary/aromatic N) is 1. The molecule has 3 unspecified atom stereocenters. The second-order valence-electron chi connectivity index (χ2n) is 5.66. The molecule has 7 heteroatoms. The number of likely N-dealkylation sites (N-methyl/N-ethyl adjacent to an activating group) is 1. The normalized spacial score (nSPS) is 24.6. The Bertz CT molecular complexity index is 399. The summed E-state index contributed by atoms with van der Waals surface area (Å²) in [5.74, 6) is -2.45. The summed E-state index contributed by atoms with van der Waals surface area (Å²) in [6.45, 7) is 2.67. The third-order valence-electron chi connectivity index (χ3n) is 3.82. The lowest BCUT2D eigenvalue weighted by molar-refractivity contribution is -0.149. The average Bonchev–Trinajstić information content (AvgIpc) is 2.80. The highest BCUT2D eigenvalue weighted by Crippen LogP contribution is 2.37. The molecule has 1 aliphatic carbocycles. The number of nitrogens with one attached hydrogen (secondary N) is 1. The summed E-state index contributed by atoms with van der Waals surface area (Å²) < 4.78 is 4.82. The molecule has 1 rings (SSSR count). The fraction of sp³-hybridized carbons (Fsp3) is 0.786. The number of aliphatic carboxylic acids is 1. The zero-order valence-corrected chi connectivity index (χ0v) is 12.8. The zero-order chi connectivity index (χ0) is 16.0.